The summed E-state index contributed by atoms with van der Waals surface area (Å²) in [7, 11) is 0. The highest BCUT2D eigenvalue weighted by atomic mass is 35.5. The third-order valence-corrected chi connectivity index (χ3v) is 3.63. The molecule has 2 aromatic carbocycles. The number of carbonyl (C=O) groups is 1. The molecule has 6 heteroatoms. The van der Waals surface area contributed by atoms with Crippen LogP contribution in [0.2, 0.25) is 5.02 Å². The fourth-order valence-corrected chi connectivity index (χ4v) is 2.28. The predicted molar refractivity (Wildman–Crippen MR) is 95.0 cm³/mol. The van der Waals surface area contributed by atoms with Crippen LogP contribution in [-0.4, -0.2) is 22.8 Å². The van der Waals surface area contributed by atoms with Crippen LogP contribution in [-0.2, 0) is 0 Å². The first-order valence-corrected chi connectivity index (χ1v) is 8.08. The molecule has 5 nitrogen and oxygen atoms in total. The number of rotatable bonds is 5. The van der Waals surface area contributed by atoms with Crippen molar-refractivity contribution in [2.75, 3.05) is 6.61 Å². The second-order valence-electron chi connectivity index (χ2n) is 5.11. The average Bonchev–Trinajstić information content (AvgIpc) is 2.64. The first-order valence-electron chi connectivity index (χ1n) is 7.70. The average molecular weight is 355 g/mol. The maximum Gasteiger partial charge on any atom is 0.344 e. The molecule has 0 amide bonds. The van der Waals surface area contributed by atoms with E-state index in [1.165, 1.54) is 0 Å². The van der Waals surface area contributed by atoms with Gasteiger partial charge in [-0.2, -0.15) is 0 Å². The molecular formula is C19H15ClN2O3. The number of nitrogens with zero attached hydrogens (tertiary/aromatic N) is 2. The smallest absolute Gasteiger partial charge is 0.344 e. The lowest BCUT2D eigenvalue weighted by molar-refractivity contribution is 0.0726. The summed E-state index contributed by atoms with van der Waals surface area (Å²) in [6.45, 7) is 2.55. The molecule has 3 rings (SSSR count). The highest BCUT2D eigenvalue weighted by Crippen LogP contribution is 2.21. The van der Waals surface area contributed by atoms with Crippen LogP contribution in [0.25, 0.3) is 11.3 Å². The quantitative estimate of drug-likeness (QED) is 0.635. The van der Waals surface area contributed by atoms with Crippen molar-refractivity contribution in [1.82, 2.24) is 10.2 Å². The molecular weight excluding hydrogens is 340 g/mol. The van der Waals surface area contributed by atoms with Crippen molar-refractivity contribution in [2.24, 2.45) is 0 Å². The van der Waals surface area contributed by atoms with E-state index in [9.17, 15) is 4.79 Å². The van der Waals surface area contributed by atoms with Crippen molar-refractivity contribution < 1.29 is 14.3 Å². The van der Waals surface area contributed by atoms with Gasteiger partial charge in [-0.1, -0.05) is 11.6 Å². The lowest BCUT2D eigenvalue weighted by atomic mass is 10.1. The largest absolute Gasteiger partial charge is 0.494 e. The zero-order chi connectivity index (χ0) is 17.6. The lowest BCUT2D eigenvalue weighted by Crippen LogP contribution is -2.09. The van der Waals surface area contributed by atoms with Crippen LogP contribution in [0.5, 0.6) is 11.6 Å². The van der Waals surface area contributed by atoms with Crippen molar-refractivity contribution in [2.45, 2.75) is 6.92 Å². The van der Waals surface area contributed by atoms with Gasteiger partial charge in [0.25, 0.3) is 0 Å². The van der Waals surface area contributed by atoms with E-state index in [0.717, 1.165) is 11.3 Å². The van der Waals surface area contributed by atoms with E-state index in [4.69, 9.17) is 21.1 Å². The Labute approximate surface area is 150 Å². The Kier molecular flexibility index (Phi) is 5.26. The molecule has 0 radical (unpaired) electrons. The molecule has 0 N–H and O–H groups in total. The fourth-order valence-electron chi connectivity index (χ4n) is 2.16. The maximum absolute atomic E-state index is 12.0. The molecule has 0 aliphatic carbocycles. The standard InChI is InChI=1S/C19H15ClN2O3/c1-2-24-16-9-5-13(6-10-16)17-11-12-18(22-21-17)25-19(23)14-3-7-15(20)8-4-14/h3-12H,2H2,1H3. The summed E-state index contributed by atoms with van der Waals surface area (Å²) in [5, 5.41) is 8.59. The minimum absolute atomic E-state index is 0.134. The molecule has 0 aliphatic rings. The van der Waals surface area contributed by atoms with Crippen LogP contribution in [0.4, 0.5) is 0 Å². The maximum atomic E-state index is 12.0. The lowest BCUT2D eigenvalue weighted by Gasteiger charge is -2.06. The number of hydrogen-bond acceptors (Lipinski definition) is 5. The van der Waals surface area contributed by atoms with Gasteiger partial charge in [0, 0.05) is 16.7 Å². The van der Waals surface area contributed by atoms with Crippen LogP contribution >= 0.6 is 11.6 Å². The molecule has 0 saturated heterocycles. The van der Waals surface area contributed by atoms with E-state index >= 15 is 0 Å². The van der Waals surface area contributed by atoms with E-state index in [-0.39, 0.29) is 5.88 Å². The highest BCUT2D eigenvalue weighted by molar-refractivity contribution is 6.30. The zero-order valence-electron chi connectivity index (χ0n) is 13.5. The Hall–Kier alpha value is -2.92. The molecule has 126 valence electrons. The number of esters is 1. The van der Waals surface area contributed by atoms with E-state index in [1.807, 2.05) is 31.2 Å². The predicted octanol–water partition coefficient (Wildman–Crippen LogP) is 4.41. The molecule has 0 unspecified atom stereocenters. The summed E-state index contributed by atoms with van der Waals surface area (Å²) in [5.41, 5.74) is 1.96. The first-order chi connectivity index (χ1) is 12.2. The third kappa shape index (κ3) is 4.33. The third-order valence-electron chi connectivity index (χ3n) is 3.38. The Morgan fingerprint density at radius 2 is 1.68 bits per heavy atom. The van der Waals surface area contributed by atoms with Crippen molar-refractivity contribution in [3.63, 3.8) is 0 Å². The van der Waals surface area contributed by atoms with Gasteiger partial charge >= 0.3 is 5.97 Å². The summed E-state index contributed by atoms with van der Waals surface area (Å²) in [6.07, 6.45) is 0. The van der Waals surface area contributed by atoms with Gasteiger partial charge in [0.15, 0.2) is 0 Å². The van der Waals surface area contributed by atoms with Gasteiger partial charge in [-0.3, -0.25) is 0 Å². The van der Waals surface area contributed by atoms with Crippen molar-refractivity contribution in [1.29, 1.82) is 0 Å². The second kappa shape index (κ2) is 7.77. The molecule has 0 saturated carbocycles. The fraction of sp³-hybridized carbons (Fsp3) is 0.105. The molecule has 0 atom stereocenters. The Morgan fingerprint density at radius 3 is 2.28 bits per heavy atom. The summed E-state index contributed by atoms with van der Waals surface area (Å²) in [4.78, 5) is 12.0. The van der Waals surface area contributed by atoms with Crippen LogP contribution in [0.1, 0.15) is 17.3 Å². The topological polar surface area (TPSA) is 61.3 Å². The van der Waals surface area contributed by atoms with Gasteiger partial charge in [-0.15, -0.1) is 10.2 Å². The molecule has 0 spiro atoms. The summed E-state index contributed by atoms with van der Waals surface area (Å²) < 4.78 is 10.6. The number of carbonyl (C=O) groups excluding carboxylic acids is 1. The number of hydrogen-bond donors (Lipinski definition) is 0. The minimum Gasteiger partial charge on any atom is -0.494 e. The van der Waals surface area contributed by atoms with Crippen molar-refractivity contribution >= 4 is 17.6 Å². The molecule has 1 heterocycles. The van der Waals surface area contributed by atoms with Crippen LogP contribution in [0, 0.1) is 0 Å². The van der Waals surface area contributed by atoms with E-state index in [1.54, 1.807) is 36.4 Å². The first kappa shape index (κ1) is 16.9. The minimum atomic E-state index is -0.514. The van der Waals surface area contributed by atoms with Gasteiger partial charge in [0.1, 0.15) is 5.75 Å². The second-order valence-corrected chi connectivity index (χ2v) is 5.55. The zero-order valence-corrected chi connectivity index (χ0v) is 14.2. The van der Waals surface area contributed by atoms with E-state index in [0.29, 0.717) is 22.9 Å². The van der Waals surface area contributed by atoms with Gasteiger partial charge in [0.05, 0.1) is 17.9 Å². The summed E-state index contributed by atoms with van der Waals surface area (Å²) in [6, 6.07) is 17.3. The van der Waals surface area contributed by atoms with Crippen molar-refractivity contribution in [3.8, 4) is 22.9 Å². The highest BCUT2D eigenvalue weighted by Gasteiger charge is 2.10. The van der Waals surface area contributed by atoms with Crippen LogP contribution in [0.15, 0.2) is 60.7 Å². The molecule has 25 heavy (non-hydrogen) atoms. The molecule has 0 fully saturated rings. The summed E-state index contributed by atoms with van der Waals surface area (Å²) >= 11 is 5.80. The van der Waals surface area contributed by atoms with Gasteiger partial charge in [-0.05, 0) is 61.5 Å². The van der Waals surface area contributed by atoms with Gasteiger partial charge in [-0.25, -0.2) is 4.79 Å². The van der Waals surface area contributed by atoms with Gasteiger partial charge in [0.2, 0.25) is 5.88 Å². The molecule has 0 aliphatic heterocycles. The van der Waals surface area contributed by atoms with Crippen molar-refractivity contribution in [3.05, 3.63) is 71.2 Å². The number of aromatic nitrogens is 2. The Balaban J connectivity index is 1.69. The SMILES string of the molecule is CCOc1ccc(-c2ccc(OC(=O)c3ccc(Cl)cc3)nn2)cc1. The summed E-state index contributed by atoms with van der Waals surface area (Å²) in [5.74, 6) is 0.419. The van der Waals surface area contributed by atoms with Gasteiger partial charge < -0.3 is 9.47 Å². The van der Waals surface area contributed by atoms with E-state index < -0.39 is 5.97 Å². The Morgan fingerprint density at radius 1 is 0.960 bits per heavy atom. The Bertz CT molecular complexity index is 847. The number of halogens is 1. The number of ether oxygens (including phenoxy) is 2. The normalized spacial score (nSPS) is 10.3. The van der Waals surface area contributed by atoms with Crippen LogP contribution in [0.3, 0.4) is 0 Å². The van der Waals surface area contributed by atoms with E-state index in [2.05, 4.69) is 10.2 Å². The molecule has 3 aromatic rings. The number of benzene rings is 2. The monoisotopic (exact) mass is 354 g/mol. The van der Waals surface area contributed by atoms with Crippen LogP contribution < -0.4 is 9.47 Å². The molecule has 0 bridgehead atoms. The molecule has 1 aromatic heterocycles.